The molecule has 2 aliphatic heterocycles. The van der Waals surface area contributed by atoms with E-state index in [-0.39, 0.29) is 10.8 Å². The fourth-order valence-corrected chi connectivity index (χ4v) is 9.42. The number of para-hydroxylation sites is 8. The highest BCUT2D eigenvalue weighted by Gasteiger charge is 2.38. The quantitative estimate of drug-likeness (QED) is 0.167. The Hall–Kier alpha value is -7.58. The summed E-state index contributed by atoms with van der Waals surface area (Å²) in [6.45, 7) is 9.22. The van der Waals surface area contributed by atoms with E-state index in [1.165, 1.54) is 22.3 Å². The van der Waals surface area contributed by atoms with Crippen LogP contribution in [0.5, 0.6) is 0 Å². The van der Waals surface area contributed by atoms with Crippen molar-refractivity contribution in [2.75, 3.05) is 9.80 Å². The number of hydrogen-bond acceptors (Lipinski definition) is 6. The van der Waals surface area contributed by atoms with Gasteiger partial charge in [-0.3, -0.25) is 0 Å². The number of anilines is 6. The molecule has 9 aromatic rings. The van der Waals surface area contributed by atoms with Crippen LogP contribution in [-0.4, -0.2) is 30.0 Å². The maximum atomic E-state index is 4.71. The summed E-state index contributed by atoms with van der Waals surface area (Å²) in [5.41, 5.74) is 16.8. The summed E-state index contributed by atoms with van der Waals surface area (Å²) in [7, 11) is 0. The van der Waals surface area contributed by atoms with Gasteiger partial charge in [-0.05, 0) is 76.9 Å². The molecular weight excluding hydrogens is 737 g/mol. The van der Waals surface area contributed by atoms with Gasteiger partial charge in [-0.15, -0.1) is 10.2 Å². The fraction of sp³-hybridized carbons (Fsp3) is 0.115. The van der Waals surface area contributed by atoms with Crippen LogP contribution in [0.4, 0.5) is 34.1 Å². The molecule has 7 aromatic carbocycles. The van der Waals surface area contributed by atoms with Crippen LogP contribution in [0.3, 0.4) is 0 Å². The smallest absolute Gasteiger partial charge is 0.113 e. The van der Waals surface area contributed by atoms with Gasteiger partial charge in [0.2, 0.25) is 0 Å². The Labute approximate surface area is 349 Å². The average Bonchev–Trinajstić information content (AvgIpc) is 3.99. The second-order valence-electron chi connectivity index (χ2n) is 16.6. The van der Waals surface area contributed by atoms with Crippen LogP contribution in [0, 0.1) is 0 Å². The third kappa shape index (κ3) is 5.44. The zero-order valence-corrected chi connectivity index (χ0v) is 33.9. The molecule has 0 aliphatic carbocycles. The van der Waals surface area contributed by atoms with Crippen LogP contribution < -0.4 is 9.80 Å². The molecule has 8 nitrogen and oxygen atoms in total. The topological polar surface area (TPSA) is 67.9 Å². The van der Waals surface area contributed by atoms with E-state index < -0.39 is 0 Å². The van der Waals surface area contributed by atoms with Crippen molar-refractivity contribution in [1.82, 2.24) is 30.0 Å². The second kappa shape index (κ2) is 13.5. The molecule has 60 heavy (non-hydrogen) atoms. The number of benzene rings is 7. The predicted octanol–water partition coefficient (Wildman–Crippen LogP) is 12.4. The van der Waals surface area contributed by atoms with E-state index in [0.717, 1.165) is 68.0 Å². The van der Waals surface area contributed by atoms with Gasteiger partial charge in [0.05, 0.1) is 57.9 Å². The minimum absolute atomic E-state index is 0.151. The van der Waals surface area contributed by atoms with E-state index in [4.69, 9.17) is 20.6 Å². The van der Waals surface area contributed by atoms with Gasteiger partial charge < -0.3 is 9.80 Å². The van der Waals surface area contributed by atoms with E-state index in [1.54, 1.807) is 0 Å². The molecule has 8 heteroatoms. The summed E-state index contributed by atoms with van der Waals surface area (Å²) < 4.78 is 3.76. The van der Waals surface area contributed by atoms with Crippen LogP contribution in [0.25, 0.3) is 33.9 Å². The minimum Gasteiger partial charge on any atom is -0.308 e. The van der Waals surface area contributed by atoms with E-state index in [0.29, 0.717) is 0 Å². The Morgan fingerprint density at radius 1 is 0.333 bits per heavy atom. The van der Waals surface area contributed by atoms with Gasteiger partial charge in [-0.2, -0.15) is 0 Å². The van der Waals surface area contributed by atoms with Crippen LogP contribution in [0.2, 0.25) is 0 Å². The molecule has 2 aromatic heterocycles. The lowest BCUT2D eigenvalue weighted by atomic mass is 9.73. The van der Waals surface area contributed by atoms with Gasteiger partial charge in [0, 0.05) is 22.0 Å². The molecular formula is C52H42N8. The molecule has 0 radical (unpaired) electrons. The number of hydrogen-bond donors (Lipinski definition) is 0. The molecule has 0 spiro atoms. The van der Waals surface area contributed by atoms with Crippen LogP contribution in [-0.2, 0) is 10.8 Å². The normalized spacial score (nSPS) is 14.5. The largest absolute Gasteiger partial charge is 0.308 e. The first-order valence-corrected chi connectivity index (χ1v) is 20.4. The Morgan fingerprint density at radius 2 is 0.633 bits per heavy atom. The second-order valence-corrected chi connectivity index (χ2v) is 16.6. The summed E-state index contributed by atoms with van der Waals surface area (Å²) in [5.74, 6) is 0. The molecule has 290 valence electrons. The molecule has 4 heterocycles. The highest BCUT2D eigenvalue weighted by Crippen LogP contribution is 2.54. The fourth-order valence-electron chi connectivity index (χ4n) is 9.42. The van der Waals surface area contributed by atoms with Crippen molar-refractivity contribution < 1.29 is 0 Å². The third-order valence-electron chi connectivity index (χ3n) is 12.5. The van der Waals surface area contributed by atoms with Gasteiger partial charge >= 0.3 is 0 Å². The average molecular weight is 779 g/mol. The van der Waals surface area contributed by atoms with Crippen LogP contribution >= 0.6 is 0 Å². The van der Waals surface area contributed by atoms with Crippen molar-refractivity contribution in [1.29, 1.82) is 0 Å². The van der Waals surface area contributed by atoms with Crippen molar-refractivity contribution in [2.45, 2.75) is 38.5 Å². The van der Waals surface area contributed by atoms with Gasteiger partial charge in [-0.1, -0.05) is 153 Å². The number of rotatable bonds is 6. The van der Waals surface area contributed by atoms with Crippen molar-refractivity contribution in [3.05, 3.63) is 205 Å². The minimum atomic E-state index is -0.151. The van der Waals surface area contributed by atoms with E-state index in [2.05, 4.69) is 201 Å². The van der Waals surface area contributed by atoms with Crippen molar-refractivity contribution in [2.24, 2.45) is 0 Å². The molecule has 0 unspecified atom stereocenters. The SMILES string of the molecule is CC1(C)c2ccccc2N(c2ccccc2-n2cc(-c3cccc(-c4cn(-c5ccccc5N5c6ccccc6C(C)(C)c6ccccc65)nn4)c3)nn2)c2ccccc21. The summed E-state index contributed by atoms with van der Waals surface area (Å²) >= 11 is 0. The summed E-state index contributed by atoms with van der Waals surface area (Å²) in [4.78, 5) is 4.72. The summed E-state index contributed by atoms with van der Waals surface area (Å²) in [5, 5.41) is 18.8. The number of nitrogens with zero attached hydrogens (tertiary/aromatic N) is 8. The van der Waals surface area contributed by atoms with Crippen molar-refractivity contribution in [3.8, 4) is 33.9 Å². The zero-order chi connectivity index (χ0) is 40.6. The van der Waals surface area contributed by atoms with Crippen LogP contribution in [0.15, 0.2) is 182 Å². The van der Waals surface area contributed by atoms with Gasteiger partial charge in [0.15, 0.2) is 0 Å². The Balaban J connectivity index is 0.937. The maximum Gasteiger partial charge on any atom is 0.113 e. The van der Waals surface area contributed by atoms with Crippen molar-refractivity contribution >= 4 is 34.1 Å². The van der Waals surface area contributed by atoms with Gasteiger partial charge in [0.1, 0.15) is 11.4 Å². The van der Waals surface area contributed by atoms with E-state index >= 15 is 0 Å². The van der Waals surface area contributed by atoms with E-state index in [1.807, 2.05) is 27.8 Å². The molecule has 0 saturated heterocycles. The number of aromatic nitrogens is 6. The Bertz CT molecular complexity index is 2790. The lowest BCUT2D eigenvalue weighted by molar-refractivity contribution is 0.631. The molecule has 0 atom stereocenters. The molecule has 0 amide bonds. The highest BCUT2D eigenvalue weighted by molar-refractivity contribution is 5.90. The number of fused-ring (bicyclic) bond motifs is 4. The van der Waals surface area contributed by atoms with Crippen LogP contribution in [0.1, 0.15) is 49.9 Å². The molecule has 11 rings (SSSR count). The summed E-state index contributed by atoms with van der Waals surface area (Å²) in [6, 6.07) is 59.9. The lowest BCUT2D eigenvalue weighted by Crippen LogP contribution is -2.30. The first-order valence-electron chi connectivity index (χ1n) is 20.4. The Morgan fingerprint density at radius 3 is 0.983 bits per heavy atom. The molecule has 2 aliphatic rings. The van der Waals surface area contributed by atoms with E-state index in [9.17, 15) is 0 Å². The lowest BCUT2D eigenvalue weighted by Gasteiger charge is -2.42. The first-order chi connectivity index (χ1) is 29.3. The molecule has 0 N–H and O–H groups in total. The van der Waals surface area contributed by atoms with Crippen molar-refractivity contribution in [3.63, 3.8) is 0 Å². The highest BCUT2D eigenvalue weighted by atomic mass is 15.4. The molecule has 0 fully saturated rings. The predicted molar refractivity (Wildman–Crippen MR) is 241 cm³/mol. The molecule has 0 bridgehead atoms. The summed E-state index contributed by atoms with van der Waals surface area (Å²) in [6.07, 6.45) is 4.01. The first kappa shape index (κ1) is 35.6. The zero-order valence-electron chi connectivity index (χ0n) is 33.9. The standard InChI is InChI=1S/C52H42N8/c1-51(2)37-20-5-9-24-43(37)59(44-25-10-6-21-38(44)51)49-30-15-13-28-47(49)57-33-41(53-55-57)35-18-17-19-36(32-35)42-34-58(56-54-42)48-29-14-16-31-50(48)60-45-26-11-7-22-39(45)52(3,4)40-23-8-12-27-46(40)60/h5-34H,1-4H3. The monoisotopic (exact) mass is 778 g/mol. The van der Waals surface area contributed by atoms with Gasteiger partial charge in [0.25, 0.3) is 0 Å². The van der Waals surface area contributed by atoms with Gasteiger partial charge in [-0.25, -0.2) is 9.36 Å². The third-order valence-corrected chi connectivity index (χ3v) is 12.5. The Kier molecular flexibility index (Phi) is 8.00. The molecule has 0 saturated carbocycles. The maximum absolute atomic E-state index is 4.71.